The highest BCUT2D eigenvalue weighted by Crippen LogP contribution is 1.86. The fourth-order valence-corrected chi connectivity index (χ4v) is 0.474. The summed E-state index contributed by atoms with van der Waals surface area (Å²) in [5, 5.41) is 0. The molecule has 0 bridgehead atoms. The molecule has 0 spiro atoms. The van der Waals surface area contributed by atoms with E-state index in [1.54, 1.807) is 0 Å². The van der Waals surface area contributed by atoms with E-state index < -0.39 is 0 Å². The van der Waals surface area contributed by atoms with Gasteiger partial charge in [-0.15, -0.1) is 0 Å². The predicted octanol–water partition coefficient (Wildman–Crippen LogP) is 3.01. The molecule has 10 heavy (non-hydrogen) atoms. The van der Waals surface area contributed by atoms with Gasteiger partial charge in [-0.1, -0.05) is 34.6 Å². The van der Waals surface area contributed by atoms with Crippen LogP contribution in [0.4, 0.5) is 0 Å². The van der Waals surface area contributed by atoms with Crippen molar-refractivity contribution in [1.82, 2.24) is 4.90 Å². The Morgan fingerprint density at radius 3 is 1.60 bits per heavy atom. The van der Waals surface area contributed by atoms with Crippen molar-refractivity contribution in [2.24, 2.45) is 0 Å². The minimum Gasteiger partial charge on any atom is -0.309 e. The highest BCUT2D eigenvalue weighted by atomic mass is 15.0. The molecule has 0 N–H and O–H groups in total. The second-order valence-electron chi connectivity index (χ2n) is 2.16. The Balaban J connectivity index is -0.000000149. The number of rotatable bonds is 3. The van der Waals surface area contributed by atoms with Gasteiger partial charge in [-0.25, -0.2) is 0 Å². The Bertz CT molecular complexity index is 33.7. The monoisotopic (exact) mass is 147 g/mol. The van der Waals surface area contributed by atoms with Crippen molar-refractivity contribution in [2.75, 3.05) is 20.6 Å². The van der Waals surface area contributed by atoms with E-state index in [-0.39, 0.29) is 7.43 Å². The summed E-state index contributed by atoms with van der Waals surface area (Å²) in [7, 11) is 4.21. The lowest BCUT2D eigenvalue weighted by atomic mass is 10.3. The average Bonchev–Trinajstić information content (AvgIpc) is 1.88. The molecule has 0 saturated heterocycles. The highest BCUT2D eigenvalue weighted by molar-refractivity contribution is 4.39. The van der Waals surface area contributed by atoms with Gasteiger partial charge < -0.3 is 4.90 Å². The number of nitrogens with zero attached hydrogens (tertiary/aromatic N) is 1. The first kappa shape index (κ1) is 16.5. The molecule has 1 nitrogen and oxygen atoms in total. The third-order valence-electron chi connectivity index (χ3n) is 0.959. The van der Waals surface area contributed by atoms with E-state index in [1.165, 1.54) is 19.4 Å². The fraction of sp³-hybridized carbons (Fsp3) is 1.00. The minimum absolute atomic E-state index is 0. The second kappa shape index (κ2) is 16.0. The van der Waals surface area contributed by atoms with Crippen LogP contribution in [0.5, 0.6) is 0 Å². The van der Waals surface area contributed by atoms with Crippen molar-refractivity contribution in [3.05, 3.63) is 0 Å². The van der Waals surface area contributed by atoms with Gasteiger partial charge in [0.1, 0.15) is 0 Å². The summed E-state index contributed by atoms with van der Waals surface area (Å²) in [6.07, 6.45) is 2.63. The van der Waals surface area contributed by atoms with Gasteiger partial charge in [0, 0.05) is 0 Å². The molecule has 0 fully saturated rings. The Morgan fingerprint density at radius 2 is 1.50 bits per heavy atom. The molecule has 0 aromatic carbocycles. The number of unbranched alkanes of at least 4 members (excludes halogenated alkanes) is 1. The van der Waals surface area contributed by atoms with E-state index in [0.29, 0.717) is 0 Å². The van der Waals surface area contributed by atoms with Crippen LogP contribution in [0.1, 0.15) is 41.0 Å². The summed E-state index contributed by atoms with van der Waals surface area (Å²) in [5.74, 6) is 0. The smallest absolute Gasteiger partial charge is 0.00249 e. The van der Waals surface area contributed by atoms with Gasteiger partial charge in [0.2, 0.25) is 0 Å². The molecule has 0 aromatic rings. The molecule has 0 aliphatic rings. The maximum absolute atomic E-state index is 2.21. The van der Waals surface area contributed by atoms with Gasteiger partial charge in [0.25, 0.3) is 0 Å². The Labute approximate surface area is 67.4 Å². The second-order valence-corrected chi connectivity index (χ2v) is 2.16. The molecule has 0 saturated carbocycles. The third-order valence-corrected chi connectivity index (χ3v) is 0.959. The molecular formula is C9H25N. The summed E-state index contributed by atoms with van der Waals surface area (Å²) >= 11 is 0. The third kappa shape index (κ3) is 24.6. The molecule has 0 atom stereocenters. The summed E-state index contributed by atoms with van der Waals surface area (Å²) in [6.45, 7) is 7.44. The van der Waals surface area contributed by atoms with Crippen molar-refractivity contribution in [2.45, 2.75) is 41.0 Å². The van der Waals surface area contributed by atoms with Crippen LogP contribution >= 0.6 is 0 Å². The summed E-state index contributed by atoms with van der Waals surface area (Å²) in [4.78, 5) is 2.21. The largest absolute Gasteiger partial charge is 0.309 e. The van der Waals surface area contributed by atoms with E-state index in [4.69, 9.17) is 0 Å². The molecule has 0 radical (unpaired) electrons. The van der Waals surface area contributed by atoms with Gasteiger partial charge in [-0.2, -0.15) is 0 Å². The molecule has 0 aliphatic carbocycles. The first-order valence-electron chi connectivity index (χ1n) is 3.92. The van der Waals surface area contributed by atoms with E-state index in [1.807, 2.05) is 13.8 Å². The quantitative estimate of drug-likeness (QED) is 0.593. The lowest BCUT2D eigenvalue weighted by Crippen LogP contribution is -2.12. The van der Waals surface area contributed by atoms with Crippen molar-refractivity contribution in [1.29, 1.82) is 0 Å². The van der Waals surface area contributed by atoms with Crippen molar-refractivity contribution in [3.63, 3.8) is 0 Å². The zero-order chi connectivity index (χ0) is 7.70. The van der Waals surface area contributed by atoms with E-state index in [2.05, 4.69) is 25.9 Å². The summed E-state index contributed by atoms with van der Waals surface area (Å²) in [5.41, 5.74) is 0. The van der Waals surface area contributed by atoms with Gasteiger partial charge in [0.05, 0.1) is 0 Å². The zero-order valence-electron chi connectivity index (χ0n) is 7.57. The molecule has 0 rings (SSSR count). The Kier molecular flexibility index (Phi) is 26.4. The molecule has 0 aromatic heterocycles. The molecule has 0 aliphatic heterocycles. The minimum atomic E-state index is 0. The highest BCUT2D eigenvalue weighted by Gasteiger charge is 1.83. The lowest BCUT2D eigenvalue weighted by molar-refractivity contribution is 0.398. The van der Waals surface area contributed by atoms with Crippen molar-refractivity contribution >= 4 is 0 Å². The SMILES string of the molecule is C.CC.CCCCN(C)C. The first-order chi connectivity index (χ1) is 4.27. The van der Waals surface area contributed by atoms with Gasteiger partial charge in [0.15, 0.2) is 0 Å². The topological polar surface area (TPSA) is 3.24 Å². The first-order valence-corrected chi connectivity index (χ1v) is 3.92. The van der Waals surface area contributed by atoms with Gasteiger partial charge in [-0.05, 0) is 27.1 Å². The van der Waals surface area contributed by atoms with Crippen LogP contribution in [-0.4, -0.2) is 25.5 Å². The van der Waals surface area contributed by atoms with Crippen LogP contribution in [0.3, 0.4) is 0 Å². The molecule has 66 valence electrons. The molecule has 0 unspecified atom stereocenters. The van der Waals surface area contributed by atoms with Crippen LogP contribution in [0.15, 0.2) is 0 Å². The standard InChI is InChI=1S/C6H15N.C2H6.CH4/c1-4-5-6-7(2)3;1-2;/h4-6H2,1-3H3;1-2H3;1H4. The van der Waals surface area contributed by atoms with Crippen LogP contribution in [0, 0.1) is 0 Å². The van der Waals surface area contributed by atoms with E-state index in [0.717, 1.165) is 0 Å². The predicted molar refractivity (Wildman–Crippen MR) is 51.5 cm³/mol. The van der Waals surface area contributed by atoms with Crippen LogP contribution in [0.2, 0.25) is 0 Å². The maximum atomic E-state index is 2.21. The van der Waals surface area contributed by atoms with Gasteiger partial charge >= 0.3 is 0 Å². The Hall–Kier alpha value is -0.0400. The average molecular weight is 147 g/mol. The van der Waals surface area contributed by atoms with Crippen molar-refractivity contribution < 1.29 is 0 Å². The number of hydrogen-bond acceptors (Lipinski definition) is 1. The maximum Gasteiger partial charge on any atom is -0.00249 e. The molecule has 0 heterocycles. The summed E-state index contributed by atoms with van der Waals surface area (Å²) in [6, 6.07) is 0. The van der Waals surface area contributed by atoms with Gasteiger partial charge in [-0.3, -0.25) is 0 Å². The fourth-order valence-electron chi connectivity index (χ4n) is 0.474. The normalized spacial score (nSPS) is 7.80. The molecule has 0 amide bonds. The number of hydrogen-bond donors (Lipinski definition) is 0. The van der Waals surface area contributed by atoms with E-state index >= 15 is 0 Å². The van der Waals surface area contributed by atoms with Crippen LogP contribution < -0.4 is 0 Å². The van der Waals surface area contributed by atoms with E-state index in [9.17, 15) is 0 Å². The van der Waals surface area contributed by atoms with Crippen LogP contribution in [-0.2, 0) is 0 Å². The molecule has 1 heteroatoms. The zero-order valence-corrected chi connectivity index (χ0v) is 7.57. The Morgan fingerprint density at radius 1 is 1.10 bits per heavy atom. The van der Waals surface area contributed by atoms with Crippen molar-refractivity contribution in [3.8, 4) is 0 Å². The summed E-state index contributed by atoms with van der Waals surface area (Å²) < 4.78 is 0. The lowest BCUT2D eigenvalue weighted by Gasteiger charge is -2.05. The molecular weight excluding hydrogens is 122 g/mol. The van der Waals surface area contributed by atoms with Crippen LogP contribution in [0.25, 0.3) is 0 Å².